The summed E-state index contributed by atoms with van der Waals surface area (Å²) in [6, 6.07) is 0. The van der Waals surface area contributed by atoms with Crippen LogP contribution in [-0.4, -0.2) is 72.0 Å². The minimum Gasteiger partial charge on any atom is -0.464 e. The molecule has 39 heavy (non-hydrogen) atoms. The molecule has 0 radical (unpaired) electrons. The van der Waals surface area contributed by atoms with Crippen molar-refractivity contribution in [3.05, 3.63) is 36.0 Å². The maximum Gasteiger partial charge on any atom is 0.331 e. The third kappa shape index (κ3) is 4.78. The third-order valence-corrected chi connectivity index (χ3v) is 10.6. The Morgan fingerprint density at radius 2 is 1.77 bits per heavy atom. The molecule has 0 unspecified atom stereocenters. The molecule has 0 aromatic heterocycles. The van der Waals surface area contributed by atoms with Crippen molar-refractivity contribution in [2.24, 2.45) is 16.7 Å². The van der Waals surface area contributed by atoms with Crippen LogP contribution in [0.5, 0.6) is 0 Å². The standard InChI is InChI=1S/C29H36O9S/c1-17-9-11-28-15-35-26(33)25(39-19(3)30)18(2)10-12-34-23(31)7-5-6-8-24(32)38-20-14-22(37-21(28)13-17)29(16-36-29)27(20,28)4/h5-8,13,18,20-22,25H,9-12,14-16H2,1-4H3/b7-5+,8-6-/t18-,20-,21-,22-,25-,27-,28-,29+/m1/s1. The van der Waals surface area contributed by atoms with E-state index in [1.54, 1.807) is 0 Å². The highest BCUT2D eigenvalue weighted by Crippen LogP contribution is 2.72. The van der Waals surface area contributed by atoms with Crippen molar-refractivity contribution in [2.75, 3.05) is 19.8 Å². The van der Waals surface area contributed by atoms with Crippen LogP contribution in [0.4, 0.5) is 0 Å². The van der Waals surface area contributed by atoms with Crippen molar-refractivity contribution in [1.29, 1.82) is 0 Å². The first-order chi connectivity index (χ1) is 18.5. The Bertz CT molecular complexity index is 1140. The molecule has 3 heterocycles. The second-order valence-electron chi connectivity index (χ2n) is 11.5. The van der Waals surface area contributed by atoms with Crippen LogP contribution >= 0.6 is 11.8 Å². The van der Waals surface area contributed by atoms with Gasteiger partial charge in [0.2, 0.25) is 0 Å². The van der Waals surface area contributed by atoms with Crippen LogP contribution in [-0.2, 0) is 42.9 Å². The van der Waals surface area contributed by atoms with Gasteiger partial charge < -0.3 is 23.7 Å². The van der Waals surface area contributed by atoms with Crippen molar-refractivity contribution in [1.82, 2.24) is 0 Å². The Labute approximate surface area is 232 Å². The van der Waals surface area contributed by atoms with Crippen LogP contribution in [0.2, 0.25) is 0 Å². The first-order valence-electron chi connectivity index (χ1n) is 13.5. The Morgan fingerprint density at radius 3 is 2.46 bits per heavy atom. The molecule has 8 atom stereocenters. The third-order valence-electron chi connectivity index (χ3n) is 9.38. The summed E-state index contributed by atoms with van der Waals surface area (Å²) >= 11 is 0.929. The Balaban J connectivity index is 1.54. The van der Waals surface area contributed by atoms with E-state index >= 15 is 0 Å². The predicted octanol–water partition coefficient (Wildman–Crippen LogP) is 3.46. The first-order valence-corrected chi connectivity index (χ1v) is 14.4. The number of thioether (sulfide) groups is 1. The minimum atomic E-state index is -0.761. The van der Waals surface area contributed by atoms with Gasteiger partial charge in [0.25, 0.3) is 0 Å². The molecule has 1 saturated carbocycles. The summed E-state index contributed by atoms with van der Waals surface area (Å²) < 4.78 is 30.1. The molecule has 2 aliphatic carbocycles. The second-order valence-corrected chi connectivity index (χ2v) is 12.9. The predicted molar refractivity (Wildman–Crippen MR) is 141 cm³/mol. The SMILES string of the molecule is CC(=O)S[C@H]1C(=O)OC[C@]23CCC(C)=C[C@H]2O[C@@H]2C[C@@H](OC(=O)/C=C\C=C\C(=O)OCC[C@H]1C)[C@@]3(C)[C@]21CO1. The minimum absolute atomic E-state index is 0.0396. The van der Waals surface area contributed by atoms with E-state index in [9.17, 15) is 19.2 Å². The monoisotopic (exact) mass is 560 g/mol. The molecule has 0 aromatic rings. The van der Waals surface area contributed by atoms with Crippen LogP contribution in [0.15, 0.2) is 36.0 Å². The van der Waals surface area contributed by atoms with E-state index in [-0.39, 0.29) is 36.5 Å². The van der Waals surface area contributed by atoms with Crippen molar-refractivity contribution in [2.45, 2.75) is 82.5 Å². The molecule has 2 saturated heterocycles. The van der Waals surface area contributed by atoms with Gasteiger partial charge in [-0.3, -0.25) is 9.59 Å². The van der Waals surface area contributed by atoms with Gasteiger partial charge in [0.15, 0.2) is 5.12 Å². The molecule has 212 valence electrons. The number of ether oxygens (including phenoxy) is 5. The lowest BCUT2D eigenvalue weighted by Crippen LogP contribution is -2.66. The van der Waals surface area contributed by atoms with Gasteiger partial charge in [-0.15, -0.1) is 0 Å². The summed E-state index contributed by atoms with van der Waals surface area (Å²) in [7, 11) is 0. The van der Waals surface area contributed by atoms with E-state index in [1.165, 1.54) is 36.8 Å². The van der Waals surface area contributed by atoms with Gasteiger partial charge in [-0.25, -0.2) is 9.59 Å². The number of hydrogen-bond acceptors (Lipinski definition) is 10. The zero-order valence-corrected chi connectivity index (χ0v) is 23.6. The number of carbonyl (C=O) groups excluding carboxylic acids is 4. The second kappa shape index (κ2) is 10.5. The van der Waals surface area contributed by atoms with Crippen LogP contribution in [0, 0.1) is 16.7 Å². The number of cyclic esters (lactones) is 2. The number of allylic oxidation sites excluding steroid dienone is 3. The number of carbonyl (C=O) groups is 4. The number of rotatable bonds is 1. The average molecular weight is 561 g/mol. The zero-order chi connectivity index (χ0) is 28.0. The normalized spacial score (nSPS) is 44.1. The molecule has 0 aromatic carbocycles. The molecule has 3 fully saturated rings. The van der Waals surface area contributed by atoms with E-state index in [0.717, 1.165) is 18.2 Å². The number of esters is 3. The average Bonchev–Trinajstić information content (AvgIpc) is 3.66. The van der Waals surface area contributed by atoms with Gasteiger partial charge in [-0.1, -0.05) is 49.4 Å². The Kier molecular flexibility index (Phi) is 7.58. The lowest BCUT2D eigenvalue weighted by atomic mass is 9.51. The summed E-state index contributed by atoms with van der Waals surface area (Å²) in [5, 5.41) is -0.962. The molecule has 2 bridgehead atoms. The quantitative estimate of drug-likeness (QED) is 0.204. The van der Waals surface area contributed by atoms with Crippen molar-refractivity contribution < 1.29 is 42.9 Å². The molecule has 3 aliphatic heterocycles. The lowest BCUT2D eigenvalue weighted by Gasteiger charge is -2.58. The largest absolute Gasteiger partial charge is 0.464 e. The van der Waals surface area contributed by atoms with Crippen LogP contribution in [0.3, 0.4) is 0 Å². The highest BCUT2D eigenvalue weighted by molar-refractivity contribution is 8.14. The molecule has 5 rings (SSSR count). The summed E-state index contributed by atoms with van der Waals surface area (Å²) in [6.45, 7) is 8.00. The fraction of sp³-hybridized carbons (Fsp3) is 0.655. The summed E-state index contributed by atoms with van der Waals surface area (Å²) in [5.41, 5.74) is -0.817. The Morgan fingerprint density at radius 1 is 1.05 bits per heavy atom. The maximum absolute atomic E-state index is 13.6. The smallest absolute Gasteiger partial charge is 0.331 e. The van der Waals surface area contributed by atoms with Gasteiger partial charge in [-0.2, -0.15) is 0 Å². The van der Waals surface area contributed by atoms with Crippen molar-refractivity contribution in [3.8, 4) is 0 Å². The molecule has 0 N–H and O–H groups in total. The van der Waals surface area contributed by atoms with E-state index in [2.05, 4.69) is 19.9 Å². The molecule has 9 nitrogen and oxygen atoms in total. The van der Waals surface area contributed by atoms with E-state index in [1.807, 2.05) is 6.92 Å². The van der Waals surface area contributed by atoms with Crippen LogP contribution in [0.1, 0.15) is 53.4 Å². The molecular weight excluding hydrogens is 524 g/mol. The zero-order valence-electron chi connectivity index (χ0n) is 22.8. The van der Waals surface area contributed by atoms with Gasteiger partial charge >= 0.3 is 17.9 Å². The number of epoxide rings is 1. The van der Waals surface area contributed by atoms with Crippen LogP contribution < -0.4 is 0 Å². The fourth-order valence-corrected chi connectivity index (χ4v) is 7.87. The molecular formula is C29H36O9S. The maximum atomic E-state index is 13.6. The van der Waals surface area contributed by atoms with Gasteiger partial charge in [-0.05, 0) is 32.1 Å². The molecule has 2 spiro atoms. The highest BCUT2D eigenvalue weighted by atomic mass is 32.2. The van der Waals surface area contributed by atoms with Crippen molar-refractivity contribution >= 4 is 34.8 Å². The summed E-state index contributed by atoms with van der Waals surface area (Å²) in [5.74, 6) is -1.90. The fourth-order valence-electron chi connectivity index (χ4n) is 6.98. The molecule has 0 amide bonds. The summed E-state index contributed by atoms with van der Waals surface area (Å²) in [6.07, 6.45) is 8.65. The van der Waals surface area contributed by atoms with Crippen LogP contribution in [0.25, 0.3) is 0 Å². The van der Waals surface area contributed by atoms with E-state index in [0.29, 0.717) is 25.9 Å². The summed E-state index contributed by atoms with van der Waals surface area (Å²) in [4.78, 5) is 50.5. The lowest BCUT2D eigenvalue weighted by molar-refractivity contribution is -0.233. The number of hydrogen-bond donors (Lipinski definition) is 0. The molecule has 5 aliphatic rings. The van der Waals surface area contributed by atoms with Gasteiger partial charge in [0.05, 0.1) is 30.8 Å². The topological polar surface area (TPSA) is 118 Å². The first kappa shape index (κ1) is 28.1. The van der Waals surface area contributed by atoms with Gasteiger partial charge in [0.1, 0.15) is 23.6 Å². The van der Waals surface area contributed by atoms with E-state index < -0.39 is 45.7 Å². The highest BCUT2D eigenvalue weighted by Gasteiger charge is 2.83. The molecule has 10 heteroatoms. The van der Waals surface area contributed by atoms with Crippen molar-refractivity contribution in [3.63, 3.8) is 0 Å². The van der Waals surface area contributed by atoms with Gasteiger partial charge in [0, 0.05) is 30.9 Å². The van der Waals surface area contributed by atoms with E-state index in [4.69, 9.17) is 23.7 Å². The Hall–Kier alpha value is -2.43.